The molecule has 2 heterocycles. The van der Waals surface area contributed by atoms with E-state index in [2.05, 4.69) is 28.1 Å². The molecule has 0 bridgehead atoms. The van der Waals surface area contributed by atoms with Crippen LogP contribution in [-0.4, -0.2) is 29.8 Å². The zero-order chi connectivity index (χ0) is 26.2. The van der Waals surface area contributed by atoms with Gasteiger partial charge in [-0.2, -0.15) is 0 Å². The molecule has 0 radical (unpaired) electrons. The number of carbonyl (C=O) groups is 2. The number of ether oxygens (including phenoxy) is 2. The Morgan fingerprint density at radius 2 is 1.78 bits per heavy atom. The third-order valence-corrected chi connectivity index (χ3v) is 6.94. The lowest BCUT2D eigenvalue weighted by molar-refractivity contribution is -0.118. The first-order valence-electron chi connectivity index (χ1n) is 12.6. The van der Waals surface area contributed by atoms with Gasteiger partial charge in [-0.15, -0.1) is 0 Å². The summed E-state index contributed by atoms with van der Waals surface area (Å²) in [6, 6.07) is 21.4. The summed E-state index contributed by atoms with van der Waals surface area (Å²) in [5.41, 5.74) is 3.78. The summed E-state index contributed by atoms with van der Waals surface area (Å²) in [6.07, 6.45) is 1.21. The van der Waals surface area contributed by atoms with Gasteiger partial charge in [-0.25, -0.2) is 4.79 Å². The molecule has 2 aliphatic heterocycles. The summed E-state index contributed by atoms with van der Waals surface area (Å²) < 4.78 is 12.5. The number of rotatable bonds is 5. The summed E-state index contributed by atoms with van der Waals surface area (Å²) in [5.74, 6) is 0.981. The van der Waals surface area contributed by atoms with Gasteiger partial charge in [-0.1, -0.05) is 48.0 Å². The van der Waals surface area contributed by atoms with Crippen molar-refractivity contribution in [2.75, 3.05) is 11.9 Å². The molecular formula is C30H33N3O4. The van der Waals surface area contributed by atoms with Crippen molar-refractivity contribution in [3.8, 4) is 11.5 Å². The molecule has 3 amide bonds. The SMILES string of the molecule is Cc1ccc(NC(=O)COc2cc(C)c3c(c2)O[C@@]2(C[C@@H]3c3ccccc3)CC(C)(C)NC(=O)N2)cc1. The highest BCUT2D eigenvalue weighted by Crippen LogP contribution is 2.49. The first-order chi connectivity index (χ1) is 17.6. The maximum absolute atomic E-state index is 12.6. The highest BCUT2D eigenvalue weighted by molar-refractivity contribution is 5.91. The first kappa shape index (κ1) is 24.7. The van der Waals surface area contributed by atoms with Gasteiger partial charge in [0.2, 0.25) is 0 Å². The van der Waals surface area contributed by atoms with E-state index in [1.165, 1.54) is 0 Å². The molecule has 3 aromatic carbocycles. The van der Waals surface area contributed by atoms with Crippen LogP contribution in [0.5, 0.6) is 11.5 Å². The molecule has 1 fully saturated rings. The molecule has 0 aliphatic carbocycles. The van der Waals surface area contributed by atoms with Crippen molar-refractivity contribution >= 4 is 17.6 Å². The van der Waals surface area contributed by atoms with E-state index >= 15 is 0 Å². The van der Waals surface area contributed by atoms with Crippen molar-refractivity contribution in [2.24, 2.45) is 0 Å². The zero-order valence-corrected chi connectivity index (χ0v) is 21.7. The van der Waals surface area contributed by atoms with E-state index < -0.39 is 11.3 Å². The average molecular weight is 500 g/mol. The molecule has 2 aliphatic rings. The molecule has 0 unspecified atom stereocenters. The zero-order valence-electron chi connectivity index (χ0n) is 21.7. The van der Waals surface area contributed by atoms with Gasteiger partial charge >= 0.3 is 6.03 Å². The Morgan fingerprint density at radius 3 is 2.49 bits per heavy atom. The van der Waals surface area contributed by atoms with Crippen LogP contribution in [0.15, 0.2) is 66.7 Å². The third kappa shape index (κ3) is 5.40. The van der Waals surface area contributed by atoms with E-state index in [0.29, 0.717) is 24.3 Å². The lowest BCUT2D eigenvalue weighted by Crippen LogP contribution is -2.69. The molecular weight excluding hydrogens is 466 g/mol. The number of anilines is 1. The van der Waals surface area contributed by atoms with Crippen molar-refractivity contribution in [1.29, 1.82) is 0 Å². The van der Waals surface area contributed by atoms with E-state index in [1.807, 2.05) is 82.3 Å². The van der Waals surface area contributed by atoms with Crippen LogP contribution in [-0.2, 0) is 4.79 Å². The summed E-state index contributed by atoms with van der Waals surface area (Å²) >= 11 is 0. The molecule has 1 saturated heterocycles. The molecule has 0 aromatic heterocycles. The predicted octanol–water partition coefficient (Wildman–Crippen LogP) is 5.41. The summed E-state index contributed by atoms with van der Waals surface area (Å²) in [7, 11) is 0. The van der Waals surface area contributed by atoms with Crippen LogP contribution in [0, 0.1) is 13.8 Å². The lowest BCUT2D eigenvalue weighted by Gasteiger charge is -2.49. The van der Waals surface area contributed by atoms with E-state index in [1.54, 1.807) is 0 Å². The Labute approximate surface area is 217 Å². The number of hydrogen-bond acceptors (Lipinski definition) is 4. The molecule has 1 spiro atoms. The fraction of sp³-hybridized carbons (Fsp3) is 0.333. The third-order valence-electron chi connectivity index (χ3n) is 6.94. The van der Waals surface area contributed by atoms with E-state index in [9.17, 15) is 9.59 Å². The number of urea groups is 1. The van der Waals surface area contributed by atoms with Gasteiger partial charge in [0.15, 0.2) is 12.3 Å². The lowest BCUT2D eigenvalue weighted by atomic mass is 9.76. The fourth-order valence-electron chi connectivity index (χ4n) is 5.52. The standard InChI is InChI=1S/C30H33N3O4/c1-19-10-12-22(13-11-19)31-26(34)17-36-23-14-20(2)27-24(21-8-6-5-7-9-21)16-30(37-25(27)15-23)18-29(3,4)32-28(35)33-30/h5-15,24H,16-18H2,1-4H3,(H,31,34)(H2,32,33,35)/t24-,30+/m1/s1. The summed E-state index contributed by atoms with van der Waals surface area (Å²) in [6.45, 7) is 7.90. The predicted molar refractivity (Wildman–Crippen MR) is 143 cm³/mol. The van der Waals surface area contributed by atoms with Crippen molar-refractivity contribution in [3.63, 3.8) is 0 Å². The molecule has 37 heavy (non-hydrogen) atoms. The Bertz CT molecular complexity index is 1320. The number of aryl methyl sites for hydroxylation is 2. The quantitative estimate of drug-likeness (QED) is 0.438. The van der Waals surface area contributed by atoms with Gasteiger partial charge in [0.1, 0.15) is 11.5 Å². The topological polar surface area (TPSA) is 88.7 Å². The van der Waals surface area contributed by atoms with Gasteiger partial charge in [-0.3, -0.25) is 4.79 Å². The van der Waals surface area contributed by atoms with Crippen LogP contribution in [0.25, 0.3) is 0 Å². The van der Waals surface area contributed by atoms with E-state index in [-0.39, 0.29) is 24.5 Å². The highest BCUT2D eigenvalue weighted by atomic mass is 16.5. The maximum Gasteiger partial charge on any atom is 0.318 e. The smallest absolute Gasteiger partial charge is 0.318 e. The second-order valence-corrected chi connectivity index (χ2v) is 10.8. The molecule has 2 atom stereocenters. The van der Waals surface area contributed by atoms with Gasteiger partial charge in [-0.05, 0) is 57.0 Å². The Balaban J connectivity index is 1.43. The normalized spacial score (nSPS) is 21.7. The number of fused-ring (bicyclic) bond motifs is 1. The van der Waals surface area contributed by atoms with E-state index in [0.717, 1.165) is 27.9 Å². The van der Waals surface area contributed by atoms with Crippen LogP contribution < -0.4 is 25.4 Å². The Hall–Kier alpha value is -4.00. The average Bonchev–Trinajstić information content (AvgIpc) is 2.82. The number of amides is 3. The first-order valence-corrected chi connectivity index (χ1v) is 12.6. The largest absolute Gasteiger partial charge is 0.484 e. The molecule has 5 rings (SSSR count). The molecule has 7 heteroatoms. The van der Waals surface area contributed by atoms with Crippen molar-refractivity contribution in [2.45, 2.75) is 57.7 Å². The Morgan fingerprint density at radius 1 is 1.05 bits per heavy atom. The minimum atomic E-state index is -0.868. The fourth-order valence-corrected chi connectivity index (χ4v) is 5.52. The van der Waals surface area contributed by atoms with Gasteiger partial charge in [0.25, 0.3) is 5.91 Å². The molecule has 3 N–H and O–H groups in total. The molecule has 3 aromatic rings. The number of carbonyl (C=O) groups excluding carboxylic acids is 2. The minimum absolute atomic E-state index is 0.0260. The molecule has 192 valence electrons. The Kier molecular flexibility index (Phi) is 6.31. The maximum atomic E-state index is 12.6. The minimum Gasteiger partial charge on any atom is -0.484 e. The van der Waals surface area contributed by atoms with E-state index in [4.69, 9.17) is 9.47 Å². The van der Waals surface area contributed by atoms with Crippen LogP contribution in [0.2, 0.25) is 0 Å². The second-order valence-electron chi connectivity index (χ2n) is 10.8. The highest BCUT2D eigenvalue weighted by Gasteiger charge is 2.50. The van der Waals surface area contributed by atoms with Crippen LogP contribution in [0.3, 0.4) is 0 Å². The van der Waals surface area contributed by atoms with Gasteiger partial charge in [0.05, 0.1) is 0 Å². The summed E-state index contributed by atoms with van der Waals surface area (Å²) in [5, 5.41) is 8.91. The number of nitrogens with one attached hydrogen (secondary N) is 3. The molecule has 7 nitrogen and oxygen atoms in total. The van der Waals surface area contributed by atoms with Gasteiger partial charge < -0.3 is 25.4 Å². The van der Waals surface area contributed by atoms with Gasteiger partial charge in [0, 0.05) is 41.6 Å². The van der Waals surface area contributed by atoms with Crippen molar-refractivity contribution < 1.29 is 19.1 Å². The monoisotopic (exact) mass is 499 g/mol. The summed E-state index contributed by atoms with van der Waals surface area (Å²) in [4.78, 5) is 25.1. The number of benzene rings is 3. The second kappa shape index (κ2) is 9.47. The van der Waals surface area contributed by atoms with Crippen molar-refractivity contribution in [3.05, 3.63) is 89.0 Å². The van der Waals surface area contributed by atoms with Crippen LogP contribution in [0.4, 0.5) is 10.5 Å². The number of hydrogen-bond donors (Lipinski definition) is 3. The van der Waals surface area contributed by atoms with Crippen LogP contribution in [0.1, 0.15) is 54.9 Å². The van der Waals surface area contributed by atoms with Crippen molar-refractivity contribution in [1.82, 2.24) is 10.6 Å². The van der Waals surface area contributed by atoms with Crippen LogP contribution >= 0.6 is 0 Å². The molecule has 0 saturated carbocycles.